The molecule has 0 atom stereocenters. The maximum absolute atomic E-state index is 13.4. The molecule has 4 rings (SSSR count). The Labute approximate surface area is 179 Å². The van der Waals surface area contributed by atoms with Gasteiger partial charge in [0.25, 0.3) is 0 Å². The first-order chi connectivity index (χ1) is 14.6. The lowest BCUT2D eigenvalue weighted by atomic mass is 9.95. The SMILES string of the molecule is Cc1ccc(C)c(-c2ccc(=C(N)C3(C(F)(F)F)CC3)/c(=C\N)c2)c1.O=CNC1CC1. The Morgan fingerprint density at radius 2 is 1.81 bits per heavy atom. The molecule has 0 aliphatic heterocycles. The molecule has 2 fully saturated rings. The van der Waals surface area contributed by atoms with E-state index in [9.17, 15) is 18.0 Å². The summed E-state index contributed by atoms with van der Waals surface area (Å²) in [5, 5.41) is 3.53. The molecule has 2 aliphatic rings. The van der Waals surface area contributed by atoms with Crippen molar-refractivity contribution in [2.45, 2.75) is 51.7 Å². The maximum atomic E-state index is 13.4. The summed E-state index contributed by atoms with van der Waals surface area (Å²) in [5.41, 5.74) is 13.8. The highest BCUT2D eigenvalue weighted by molar-refractivity contribution is 5.69. The van der Waals surface area contributed by atoms with Crippen molar-refractivity contribution >= 4 is 18.3 Å². The van der Waals surface area contributed by atoms with Crippen LogP contribution < -0.4 is 27.2 Å². The van der Waals surface area contributed by atoms with Crippen LogP contribution in [0.2, 0.25) is 0 Å². The Morgan fingerprint density at radius 3 is 2.29 bits per heavy atom. The Balaban J connectivity index is 0.000000391. The number of halogens is 3. The normalized spacial score (nSPS) is 18.5. The van der Waals surface area contributed by atoms with Gasteiger partial charge in [-0.1, -0.05) is 35.9 Å². The molecule has 2 saturated carbocycles. The Bertz CT molecular complexity index is 1080. The van der Waals surface area contributed by atoms with Gasteiger partial charge in [-0.05, 0) is 67.5 Å². The van der Waals surface area contributed by atoms with Crippen LogP contribution >= 0.6 is 0 Å². The standard InChI is InChI=1S/C20H21F3N2.C4H7NO/c1-12-3-4-13(2)17(9-12)14-5-6-16(15(10-14)11-24)18(25)19(7-8-19)20(21,22)23;6-3-5-4-1-2-4/h3-6,9-11H,7-8,24-25H2,1-2H3;3-4H,1-2H2,(H,5,6)/b15-11-,18-16?;. The molecule has 0 unspecified atom stereocenters. The third kappa shape index (κ3) is 4.86. The quantitative estimate of drug-likeness (QED) is 0.651. The van der Waals surface area contributed by atoms with Crippen LogP contribution in [0.3, 0.4) is 0 Å². The highest BCUT2D eigenvalue weighted by Crippen LogP contribution is 2.61. The van der Waals surface area contributed by atoms with Gasteiger partial charge in [0.1, 0.15) is 5.41 Å². The Hall–Kier alpha value is -2.96. The van der Waals surface area contributed by atoms with Crippen molar-refractivity contribution in [2.75, 3.05) is 0 Å². The van der Waals surface area contributed by atoms with Crippen LogP contribution in [0.15, 0.2) is 36.4 Å². The number of carbonyl (C=O) groups is 1. The summed E-state index contributed by atoms with van der Waals surface area (Å²) in [4.78, 5) is 9.54. The number of rotatable bonds is 4. The third-order valence-electron chi connectivity index (χ3n) is 5.91. The van der Waals surface area contributed by atoms with E-state index in [0.29, 0.717) is 16.5 Å². The molecule has 1 amide bonds. The molecule has 0 heterocycles. The van der Waals surface area contributed by atoms with Gasteiger partial charge in [-0.15, -0.1) is 0 Å². The number of alkyl halides is 3. The summed E-state index contributed by atoms with van der Waals surface area (Å²) < 4.78 is 40.1. The molecule has 0 bridgehead atoms. The molecule has 0 spiro atoms. The van der Waals surface area contributed by atoms with E-state index >= 15 is 0 Å². The summed E-state index contributed by atoms with van der Waals surface area (Å²) >= 11 is 0. The predicted octanol–water partition coefficient (Wildman–Crippen LogP) is 2.97. The van der Waals surface area contributed by atoms with Crippen molar-refractivity contribution in [1.29, 1.82) is 0 Å². The number of nitrogens with two attached hydrogens (primary N) is 2. The fourth-order valence-corrected chi connectivity index (χ4v) is 3.59. The largest absolute Gasteiger partial charge is 0.404 e. The molecule has 2 aromatic rings. The molecule has 2 aromatic carbocycles. The lowest BCUT2D eigenvalue weighted by molar-refractivity contribution is -0.169. The lowest BCUT2D eigenvalue weighted by Gasteiger charge is -2.20. The first-order valence-corrected chi connectivity index (χ1v) is 10.3. The highest BCUT2D eigenvalue weighted by atomic mass is 19.4. The van der Waals surface area contributed by atoms with Crippen molar-refractivity contribution < 1.29 is 18.0 Å². The number of nitrogens with one attached hydrogen (secondary N) is 1. The number of hydrogen-bond donors (Lipinski definition) is 3. The van der Waals surface area contributed by atoms with Gasteiger partial charge in [-0.3, -0.25) is 4.79 Å². The summed E-state index contributed by atoms with van der Waals surface area (Å²) in [5.74, 6) is 0. The monoisotopic (exact) mass is 431 g/mol. The van der Waals surface area contributed by atoms with Gasteiger partial charge >= 0.3 is 6.18 Å². The zero-order valence-electron chi connectivity index (χ0n) is 17.7. The van der Waals surface area contributed by atoms with Gasteiger partial charge in [-0.2, -0.15) is 13.2 Å². The average molecular weight is 432 g/mol. The fourth-order valence-electron chi connectivity index (χ4n) is 3.59. The molecule has 0 saturated heterocycles. The van der Waals surface area contributed by atoms with E-state index in [1.807, 2.05) is 32.0 Å². The molecule has 166 valence electrons. The molecule has 31 heavy (non-hydrogen) atoms. The van der Waals surface area contributed by atoms with Gasteiger partial charge in [0, 0.05) is 23.2 Å². The Kier molecular flexibility index (Phi) is 6.34. The number of carbonyl (C=O) groups excluding carboxylic acids is 1. The lowest BCUT2D eigenvalue weighted by Crippen LogP contribution is -2.39. The van der Waals surface area contributed by atoms with E-state index in [1.165, 1.54) is 19.0 Å². The van der Waals surface area contributed by atoms with Crippen molar-refractivity contribution in [1.82, 2.24) is 5.32 Å². The Morgan fingerprint density at radius 1 is 1.13 bits per heavy atom. The molecular weight excluding hydrogens is 403 g/mol. The van der Waals surface area contributed by atoms with Crippen molar-refractivity contribution in [3.05, 3.63) is 58.0 Å². The van der Waals surface area contributed by atoms with Crippen LogP contribution in [0.1, 0.15) is 36.8 Å². The molecule has 5 N–H and O–H groups in total. The number of amides is 1. The van der Waals surface area contributed by atoms with E-state index in [2.05, 4.69) is 11.4 Å². The highest BCUT2D eigenvalue weighted by Gasteiger charge is 2.65. The summed E-state index contributed by atoms with van der Waals surface area (Å²) in [6.45, 7) is 4.00. The average Bonchev–Trinajstić information content (AvgIpc) is 3.63. The van der Waals surface area contributed by atoms with Crippen LogP contribution in [0.25, 0.3) is 23.0 Å². The summed E-state index contributed by atoms with van der Waals surface area (Å²) in [7, 11) is 0. The second kappa shape index (κ2) is 8.65. The smallest absolute Gasteiger partial charge is 0.399 e. The fraction of sp³-hybridized carbons (Fsp3) is 0.375. The molecular formula is C24H28F3N3O. The molecule has 4 nitrogen and oxygen atoms in total. The molecule has 2 aliphatic carbocycles. The third-order valence-corrected chi connectivity index (χ3v) is 5.91. The summed E-state index contributed by atoms with van der Waals surface area (Å²) in [6.07, 6.45) is 0.170. The molecule has 7 heteroatoms. The van der Waals surface area contributed by atoms with Gasteiger partial charge < -0.3 is 16.8 Å². The second-order valence-electron chi connectivity index (χ2n) is 8.34. The van der Waals surface area contributed by atoms with E-state index in [1.54, 1.807) is 12.1 Å². The minimum absolute atomic E-state index is 0.0328. The van der Waals surface area contributed by atoms with E-state index in [-0.39, 0.29) is 18.5 Å². The van der Waals surface area contributed by atoms with Crippen molar-refractivity contribution in [3.63, 3.8) is 0 Å². The van der Waals surface area contributed by atoms with Crippen LogP contribution in [-0.4, -0.2) is 18.6 Å². The predicted molar refractivity (Wildman–Crippen MR) is 117 cm³/mol. The van der Waals surface area contributed by atoms with Crippen molar-refractivity contribution in [2.24, 2.45) is 16.9 Å². The van der Waals surface area contributed by atoms with E-state index in [4.69, 9.17) is 11.5 Å². The van der Waals surface area contributed by atoms with E-state index < -0.39 is 11.6 Å². The molecule has 0 radical (unpaired) electrons. The topological polar surface area (TPSA) is 81.1 Å². The van der Waals surface area contributed by atoms with Gasteiger partial charge in [0.05, 0.1) is 0 Å². The van der Waals surface area contributed by atoms with Crippen molar-refractivity contribution in [3.8, 4) is 11.1 Å². The van der Waals surface area contributed by atoms with Crippen LogP contribution in [0.4, 0.5) is 13.2 Å². The van der Waals surface area contributed by atoms with Gasteiger partial charge in [0.2, 0.25) is 6.41 Å². The molecule has 0 aromatic heterocycles. The van der Waals surface area contributed by atoms with Crippen LogP contribution in [0, 0.1) is 19.3 Å². The summed E-state index contributed by atoms with van der Waals surface area (Å²) in [6, 6.07) is 11.9. The van der Waals surface area contributed by atoms with Gasteiger partial charge in [0.15, 0.2) is 0 Å². The first kappa shape index (κ1) is 22.7. The zero-order chi connectivity index (χ0) is 22.8. The van der Waals surface area contributed by atoms with Gasteiger partial charge in [-0.25, -0.2) is 0 Å². The van der Waals surface area contributed by atoms with E-state index in [0.717, 1.165) is 28.7 Å². The maximum Gasteiger partial charge on any atom is 0.399 e. The number of benzene rings is 2. The minimum atomic E-state index is -4.34. The second-order valence-corrected chi connectivity index (χ2v) is 8.34. The van der Waals surface area contributed by atoms with Crippen LogP contribution in [0.5, 0.6) is 0 Å². The number of hydrogen-bond acceptors (Lipinski definition) is 3. The minimum Gasteiger partial charge on any atom is -0.404 e. The zero-order valence-corrected chi connectivity index (χ0v) is 17.7. The van der Waals surface area contributed by atoms with Crippen LogP contribution in [-0.2, 0) is 4.79 Å². The first-order valence-electron chi connectivity index (χ1n) is 10.3. The number of aryl methyl sites for hydroxylation is 2.